The van der Waals surface area contributed by atoms with Gasteiger partial charge < -0.3 is 24.8 Å². The van der Waals surface area contributed by atoms with Crippen LogP contribution < -0.4 is 15.0 Å². The second-order valence-corrected chi connectivity index (χ2v) is 11.2. The Balaban J connectivity index is 1.35. The third-order valence-corrected chi connectivity index (χ3v) is 7.81. The molecular weight excluding hydrogens is 623 g/mol. The number of anilines is 2. The molecule has 8 nitrogen and oxygen atoms in total. The number of amides is 2. The summed E-state index contributed by atoms with van der Waals surface area (Å²) in [6.07, 6.45) is -1.01. The van der Waals surface area contributed by atoms with Gasteiger partial charge in [0.15, 0.2) is 0 Å². The van der Waals surface area contributed by atoms with Crippen molar-refractivity contribution in [3.63, 3.8) is 0 Å². The lowest BCUT2D eigenvalue weighted by atomic mass is 10.00. The van der Waals surface area contributed by atoms with E-state index in [1.807, 2.05) is 12.1 Å². The molecule has 3 aromatic carbocycles. The molecule has 1 atom stereocenters. The molecule has 0 saturated heterocycles. The van der Waals surface area contributed by atoms with Gasteiger partial charge in [-0.3, -0.25) is 14.6 Å². The quantitative estimate of drug-likeness (QED) is 0.154. The van der Waals surface area contributed by atoms with Crippen LogP contribution >= 0.6 is 0 Å². The molecule has 1 aromatic heterocycles. The molecule has 1 aliphatic rings. The van der Waals surface area contributed by atoms with Crippen LogP contribution in [0.3, 0.4) is 0 Å². The number of carbonyl (C=O) groups is 2. The highest BCUT2D eigenvalue weighted by Gasteiger charge is 2.44. The predicted octanol–water partition coefficient (Wildman–Crippen LogP) is 7.35. The standard InChI is InChI=1S/C37H36F3N3O5/c1-2-3-20-47-21-22-48-31-14-9-25(10-15-31)27-11-16-33-29(23-27)24-28(17-19-43(33)36(46)37(38,39)40)35(45)42-30-12-7-26(8-13-30)34(44)32-6-4-5-18-41-32/h4-16,18,23-24,34,44H,2-3,17,19-22H2,1H3,(H,42,45). The first kappa shape index (κ1) is 34.3. The van der Waals surface area contributed by atoms with E-state index in [1.54, 1.807) is 72.9 Å². The Morgan fingerprint density at radius 1 is 0.958 bits per heavy atom. The summed E-state index contributed by atoms with van der Waals surface area (Å²) in [5.41, 5.74) is 3.48. The van der Waals surface area contributed by atoms with Gasteiger partial charge in [0.2, 0.25) is 0 Å². The second kappa shape index (κ2) is 15.7. The van der Waals surface area contributed by atoms with E-state index in [2.05, 4.69) is 17.2 Å². The normalized spacial score (nSPS) is 13.6. The Labute approximate surface area is 276 Å². The minimum absolute atomic E-state index is 0.0553. The number of alkyl halides is 3. The molecule has 0 saturated carbocycles. The van der Waals surface area contributed by atoms with E-state index in [-0.39, 0.29) is 24.2 Å². The summed E-state index contributed by atoms with van der Waals surface area (Å²) in [5.74, 6) is -1.88. The first-order valence-electron chi connectivity index (χ1n) is 15.7. The van der Waals surface area contributed by atoms with Gasteiger partial charge >= 0.3 is 12.1 Å². The Bertz CT molecular complexity index is 1730. The molecule has 0 radical (unpaired) electrons. The number of carbonyl (C=O) groups excluding carboxylic acids is 2. The molecule has 2 heterocycles. The Hall–Kier alpha value is -5.00. The molecule has 11 heteroatoms. The van der Waals surface area contributed by atoms with Crippen LogP contribution in [0.4, 0.5) is 24.5 Å². The maximum absolute atomic E-state index is 13.6. The van der Waals surface area contributed by atoms with Crippen molar-refractivity contribution in [2.24, 2.45) is 0 Å². The highest BCUT2D eigenvalue weighted by atomic mass is 19.4. The number of ether oxygens (including phenoxy) is 2. The molecule has 250 valence electrons. The number of hydrogen-bond acceptors (Lipinski definition) is 6. The fourth-order valence-corrected chi connectivity index (χ4v) is 5.23. The summed E-state index contributed by atoms with van der Waals surface area (Å²) in [6, 6.07) is 23.8. The Morgan fingerprint density at radius 2 is 1.71 bits per heavy atom. The maximum atomic E-state index is 13.6. The van der Waals surface area contributed by atoms with E-state index in [4.69, 9.17) is 9.47 Å². The number of unbranched alkanes of at least 4 members (excludes halogenated alkanes) is 1. The molecule has 1 unspecified atom stereocenters. The molecule has 0 spiro atoms. The van der Waals surface area contributed by atoms with E-state index >= 15 is 0 Å². The second-order valence-electron chi connectivity index (χ2n) is 11.2. The van der Waals surface area contributed by atoms with Gasteiger partial charge in [0.1, 0.15) is 18.5 Å². The average molecular weight is 660 g/mol. The highest BCUT2D eigenvalue weighted by Crippen LogP contribution is 2.35. The number of fused-ring (bicyclic) bond motifs is 1. The van der Waals surface area contributed by atoms with E-state index in [0.29, 0.717) is 58.5 Å². The van der Waals surface area contributed by atoms with Crippen LogP contribution in [-0.2, 0) is 14.3 Å². The third-order valence-electron chi connectivity index (χ3n) is 7.81. The van der Waals surface area contributed by atoms with Crippen LogP contribution in [0.2, 0.25) is 0 Å². The summed E-state index contributed by atoms with van der Waals surface area (Å²) in [5, 5.41) is 13.4. The number of rotatable bonds is 12. The molecule has 2 N–H and O–H groups in total. The Morgan fingerprint density at radius 3 is 2.40 bits per heavy atom. The molecule has 1 aliphatic heterocycles. The first-order chi connectivity index (χ1) is 23.1. The van der Waals surface area contributed by atoms with Gasteiger partial charge in [0.25, 0.3) is 5.91 Å². The van der Waals surface area contributed by atoms with Crippen LogP contribution in [0, 0.1) is 0 Å². The number of halogens is 3. The van der Waals surface area contributed by atoms with Gasteiger partial charge in [-0.25, -0.2) is 0 Å². The predicted molar refractivity (Wildman–Crippen MR) is 177 cm³/mol. The number of benzene rings is 3. The number of pyridine rings is 1. The summed E-state index contributed by atoms with van der Waals surface area (Å²) in [7, 11) is 0. The lowest BCUT2D eigenvalue weighted by Crippen LogP contribution is -2.42. The van der Waals surface area contributed by atoms with Crippen LogP contribution in [0.15, 0.2) is 96.7 Å². The van der Waals surface area contributed by atoms with Gasteiger partial charge in [0, 0.05) is 30.6 Å². The van der Waals surface area contributed by atoms with Crippen molar-refractivity contribution in [1.29, 1.82) is 0 Å². The molecular formula is C37H36F3N3O5. The minimum atomic E-state index is -5.10. The zero-order chi connectivity index (χ0) is 34.1. The highest BCUT2D eigenvalue weighted by molar-refractivity contribution is 6.09. The van der Waals surface area contributed by atoms with Crippen molar-refractivity contribution in [3.05, 3.63) is 114 Å². The zero-order valence-electron chi connectivity index (χ0n) is 26.4. The van der Waals surface area contributed by atoms with Gasteiger partial charge in [0.05, 0.1) is 18.0 Å². The van der Waals surface area contributed by atoms with Crippen molar-refractivity contribution in [2.75, 3.05) is 36.6 Å². The van der Waals surface area contributed by atoms with Crippen LogP contribution in [-0.4, -0.2) is 54.4 Å². The molecule has 4 aromatic rings. The number of aromatic nitrogens is 1. The summed E-state index contributed by atoms with van der Waals surface area (Å²) in [6.45, 7) is 3.32. The van der Waals surface area contributed by atoms with Gasteiger partial charge in [-0.2, -0.15) is 13.2 Å². The van der Waals surface area contributed by atoms with Crippen LogP contribution in [0.25, 0.3) is 17.2 Å². The Kier molecular flexibility index (Phi) is 11.3. The largest absolute Gasteiger partial charge is 0.491 e. The fourth-order valence-electron chi connectivity index (χ4n) is 5.23. The average Bonchev–Trinajstić information content (AvgIpc) is 3.29. The molecule has 0 bridgehead atoms. The summed E-state index contributed by atoms with van der Waals surface area (Å²) in [4.78, 5) is 30.7. The topological polar surface area (TPSA) is 101 Å². The minimum Gasteiger partial charge on any atom is -0.491 e. The molecule has 0 aliphatic carbocycles. The van der Waals surface area contributed by atoms with Crippen LogP contribution in [0.1, 0.15) is 49.1 Å². The van der Waals surface area contributed by atoms with Crippen molar-refractivity contribution >= 4 is 29.3 Å². The van der Waals surface area contributed by atoms with Crippen LogP contribution in [0.5, 0.6) is 5.75 Å². The smallest absolute Gasteiger partial charge is 0.471 e. The summed E-state index contributed by atoms with van der Waals surface area (Å²) >= 11 is 0. The maximum Gasteiger partial charge on any atom is 0.471 e. The number of aliphatic hydroxyl groups is 1. The fraction of sp³-hybridized carbons (Fsp3) is 0.270. The number of nitrogens with one attached hydrogen (secondary N) is 1. The molecule has 2 amide bonds. The number of nitrogens with zero attached hydrogens (tertiary/aromatic N) is 2. The van der Waals surface area contributed by atoms with E-state index in [1.165, 1.54) is 12.1 Å². The van der Waals surface area contributed by atoms with Crippen molar-refractivity contribution in [2.45, 2.75) is 38.5 Å². The van der Waals surface area contributed by atoms with Crippen molar-refractivity contribution in [3.8, 4) is 16.9 Å². The van der Waals surface area contributed by atoms with Gasteiger partial charge in [-0.05, 0) is 89.7 Å². The first-order valence-corrected chi connectivity index (χ1v) is 15.7. The molecule has 48 heavy (non-hydrogen) atoms. The van der Waals surface area contributed by atoms with E-state index < -0.39 is 24.1 Å². The van der Waals surface area contributed by atoms with Gasteiger partial charge in [-0.15, -0.1) is 0 Å². The van der Waals surface area contributed by atoms with Crippen molar-refractivity contribution in [1.82, 2.24) is 4.98 Å². The molecule has 0 fully saturated rings. The van der Waals surface area contributed by atoms with E-state index in [0.717, 1.165) is 18.4 Å². The third kappa shape index (κ3) is 8.67. The molecule has 5 rings (SSSR count). The monoisotopic (exact) mass is 659 g/mol. The number of hydrogen-bond donors (Lipinski definition) is 2. The van der Waals surface area contributed by atoms with Crippen molar-refractivity contribution < 1.29 is 37.3 Å². The van der Waals surface area contributed by atoms with Gasteiger partial charge in [-0.1, -0.05) is 49.7 Å². The lowest BCUT2D eigenvalue weighted by molar-refractivity contribution is -0.170. The lowest BCUT2D eigenvalue weighted by Gasteiger charge is -2.24. The number of aliphatic hydroxyl groups excluding tert-OH is 1. The zero-order valence-corrected chi connectivity index (χ0v) is 26.4. The SMILES string of the molecule is CCCCOCCOc1ccc(-c2ccc3c(c2)C=C(C(=O)Nc2ccc(C(O)c4ccccn4)cc2)CCN3C(=O)C(F)(F)F)cc1. The van der Waals surface area contributed by atoms with E-state index in [9.17, 15) is 27.9 Å². The summed E-state index contributed by atoms with van der Waals surface area (Å²) < 4.78 is 52.1.